The van der Waals surface area contributed by atoms with Gasteiger partial charge in [-0.2, -0.15) is 9.61 Å². The van der Waals surface area contributed by atoms with Gasteiger partial charge in [0.25, 0.3) is 0 Å². The van der Waals surface area contributed by atoms with Crippen molar-refractivity contribution >= 4 is 16.3 Å². The summed E-state index contributed by atoms with van der Waals surface area (Å²) in [6.45, 7) is 10.9. The first kappa shape index (κ1) is 13.0. The minimum absolute atomic E-state index is 0.0280. The molecule has 0 saturated carbocycles. The molecule has 0 spiro atoms. The maximum absolute atomic E-state index is 4.82. The second-order valence-corrected chi connectivity index (χ2v) is 7.64. The van der Waals surface area contributed by atoms with Gasteiger partial charge in [0, 0.05) is 10.8 Å². The average Bonchev–Trinajstić information content (AvgIpc) is 2.87. The summed E-state index contributed by atoms with van der Waals surface area (Å²) in [4.78, 5) is 0.916. The SMILES string of the molecule is CC(C)(C)c1nnc2sc(C3(C)CCNCC3)nn12. The highest BCUT2D eigenvalue weighted by atomic mass is 32.1. The molecular formula is C13H21N5S. The number of fused-ring (bicyclic) bond motifs is 1. The molecule has 0 atom stereocenters. The average molecular weight is 279 g/mol. The molecule has 0 unspecified atom stereocenters. The van der Waals surface area contributed by atoms with Crippen LogP contribution >= 0.6 is 11.3 Å². The molecule has 0 radical (unpaired) electrons. The Labute approximate surface area is 117 Å². The van der Waals surface area contributed by atoms with Gasteiger partial charge in [-0.15, -0.1) is 10.2 Å². The van der Waals surface area contributed by atoms with Crippen LogP contribution in [0.5, 0.6) is 0 Å². The standard InChI is InChI=1S/C13H21N5S/c1-12(2,3)9-15-16-11-18(9)17-10(19-11)13(4)5-7-14-8-6-13/h14H,5-8H2,1-4H3. The van der Waals surface area contributed by atoms with E-state index in [1.54, 1.807) is 11.3 Å². The lowest BCUT2D eigenvalue weighted by Crippen LogP contribution is -2.37. The van der Waals surface area contributed by atoms with Gasteiger partial charge in [0.2, 0.25) is 4.96 Å². The van der Waals surface area contributed by atoms with Crippen molar-refractivity contribution in [2.75, 3.05) is 13.1 Å². The van der Waals surface area contributed by atoms with Crippen LogP contribution in [0, 0.1) is 0 Å². The maximum atomic E-state index is 4.82. The summed E-state index contributed by atoms with van der Waals surface area (Å²) in [5.41, 5.74) is 0.158. The lowest BCUT2D eigenvalue weighted by atomic mass is 9.82. The van der Waals surface area contributed by atoms with Gasteiger partial charge in [0.05, 0.1) is 0 Å². The van der Waals surface area contributed by atoms with Crippen molar-refractivity contribution in [2.24, 2.45) is 0 Å². The van der Waals surface area contributed by atoms with Crippen molar-refractivity contribution in [3.8, 4) is 0 Å². The molecule has 0 aromatic carbocycles. The van der Waals surface area contributed by atoms with E-state index in [1.165, 1.54) is 5.01 Å². The van der Waals surface area contributed by atoms with Gasteiger partial charge < -0.3 is 5.32 Å². The molecular weight excluding hydrogens is 258 g/mol. The van der Waals surface area contributed by atoms with Crippen LogP contribution in [0.3, 0.4) is 0 Å². The second-order valence-electron chi connectivity index (χ2n) is 6.69. The predicted octanol–water partition coefficient (Wildman–Crippen LogP) is 2.12. The Hall–Kier alpha value is -1.01. The third-order valence-corrected chi connectivity index (χ3v) is 5.09. The molecule has 6 heteroatoms. The Morgan fingerprint density at radius 3 is 2.53 bits per heavy atom. The first-order valence-corrected chi connectivity index (χ1v) is 7.66. The fraction of sp³-hybridized carbons (Fsp3) is 0.769. The molecule has 0 aliphatic carbocycles. The largest absolute Gasteiger partial charge is 0.317 e. The van der Waals surface area contributed by atoms with E-state index < -0.39 is 0 Å². The molecule has 1 aliphatic rings. The Morgan fingerprint density at radius 1 is 1.21 bits per heavy atom. The van der Waals surface area contributed by atoms with Gasteiger partial charge in [-0.3, -0.25) is 0 Å². The first-order valence-electron chi connectivity index (χ1n) is 6.84. The maximum Gasteiger partial charge on any atom is 0.234 e. The molecule has 5 nitrogen and oxygen atoms in total. The Balaban J connectivity index is 2.05. The van der Waals surface area contributed by atoms with Crippen molar-refractivity contribution in [2.45, 2.75) is 51.4 Å². The number of nitrogens with one attached hydrogen (secondary N) is 1. The monoisotopic (exact) mass is 279 g/mol. The van der Waals surface area contributed by atoms with E-state index in [1.807, 2.05) is 4.52 Å². The van der Waals surface area contributed by atoms with Gasteiger partial charge >= 0.3 is 0 Å². The molecule has 3 rings (SSSR count). The zero-order valence-corrected chi connectivity index (χ0v) is 12.8. The molecule has 1 fully saturated rings. The van der Waals surface area contributed by atoms with Gasteiger partial charge in [-0.25, -0.2) is 0 Å². The summed E-state index contributed by atoms with van der Waals surface area (Å²) in [6, 6.07) is 0. The van der Waals surface area contributed by atoms with Crippen molar-refractivity contribution < 1.29 is 0 Å². The number of nitrogens with zero attached hydrogens (tertiary/aromatic N) is 4. The van der Waals surface area contributed by atoms with E-state index in [0.717, 1.165) is 36.7 Å². The number of piperidine rings is 1. The molecule has 1 aliphatic heterocycles. The molecule has 104 valence electrons. The lowest BCUT2D eigenvalue weighted by molar-refractivity contribution is 0.331. The summed E-state index contributed by atoms with van der Waals surface area (Å²) >= 11 is 1.69. The van der Waals surface area contributed by atoms with E-state index in [2.05, 4.69) is 43.2 Å². The molecule has 2 aromatic heterocycles. The topological polar surface area (TPSA) is 55.1 Å². The smallest absolute Gasteiger partial charge is 0.234 e. The molecule has 19 heavy (non-hydrogen) atoms. The van der Waals surface area contributed by atoms with Crippen LogP contribution in [0.1, 0.15) is 51.4 Å². The molecule has 1 saturated heterocycles. The minimum Gasteiger partial charge on any atom is -0.317 e. The molecule has 3 heterocycles. The van der Waals surface area contributed by atoms with Crippen LogP contribution in [0.4, 0.5) is 0 Å². The normalized spacial score (nSPS) is 20.0. The van der Waals surface area contributed by atoms with Crippen LogP contribution in [-0.2, 0) is 10.8 Å². The van der Waals surface area contributed by atoms with Crippen molar-refractivity contribution in [3.63, 3.8) is 0 Å². The van der Waals surface area contributed by atoms with Gasteiger partial charge in [0.1, 0.15) is 5.01 Å². The van der Waals surface area contributed by atoms with E-state index in [-0.39, 0.29) is 10.8 Å². The number of hydrogen-bond donors (Lipinski definition) is 1. The Morgan fingerprint density at radius 2 is 1.89 bits per heavy atom. The van der Waals surface area contributed by atoms with Gasteiger partial charge in [-0.1, -0.05) is 39.0 Å². The van der Waals surface area contributed by atoms with Crippen molar-refractivity contribution in [3.05, 3.63) is 10.8 Å². The van der Waals surface area contributed by atoms with Gasteiger partial charge in [0.15, 0.2) is 5.82 Å². The minimum atomic E-state index is -0.0280. The summed E-state index contributed by atoms with van der Waals surface area (Å²) in [7, 11) is 0. The fourth-order valence-electron chi connectivity index (χ4n) is 2.52. The Bertz CT molecular complexity index is 586. The molecule has 0 bridgehead atoms. The van der Waals surface area contributed by atoms with Crippen LogP contribution in [0.15, 0.2) is 0 Å². The fourth-order valence-corrected chi connectivity index (χ4v) is 3.56. The summed E-state index contributed by atoms with van der Waals surface area (Å²) in [6.07, 6.45) is 2.28. The van der Waals surface area contributed by atoms with Crippen LogP contribution in [0.2, 0.25) is 0 Å². The van der Waals surface area contributed by atoms with Crippen molar-refractivity contribution in [1.29, 1.82) is 0 Å². The Kier molecular flexibility index (Phi) is 2.90. The summed E-state index contributed by atoms with van der Waals surface area (Å²) < 4.78 is 1.94. The number of rotatable bonds is 1. The van der Waals surface area contributed by atoms with E-state index in [0.29, 0.717) is 0 Å². The zero-order chi connectivity index (χ0) is 13.7. The van der Waals surface area contributed by atoms with E-state index in [9.17, 15) is 0 Å². The summed E-state index contributed by atoms with van der Waals surface area (Å²) in [5, 5.41) is 18.0. The van der Waals surface area contributed by atoms with Crippen LogP contribution < -0.4 is 5.32 Å². The van der Waals surface area contributed by atoms with Crippen molar-refractivity contribution in [1.82, 2.24) is 25.1 Å². The highest BCUT2D eigenvalue weighted by Gasteiger charge is 2.34. The third kappa shape index (κ3) is 2.17. The highest BCUT2D eigenvalue weighted by Crippen LogP contribution is 2.36. The highest BCUT2D eigenvalue weighted by molar-refractivity contribution is 7.16. The first-order chi connectivity index (χ1) is 8.90. The van der Waals surface area contributed by atoms with Gasteiger partial charge in [-0.05, 0) is 25.9 Å². The predicted molar refractivity (Wildman–Crippen MR) is 76.8 cm³/mol. The zero-order valence-electron chi connectivity index (χ0n) is 12.0. The number of aromatic nitrogens is 4. The molecule has 0 amide bonds. The lowest BCUT2D eigenvalue weighted by Gasteiger charge is -2.31. The third-order valence-electron chi connectivity index (χ3n) is 3.89. The second kappa shape index (κ2) is 4.24. The quantitative estimate of drug-likeness (QED) is 0.869. The van der Waals surface area contributed by atoms with Crippen LogP contribution in [-0.4, -0.2) is 32.9 Å². The van der Waals surface area contributed by atoms with E-state index in [4.69, 9.17) is 5.10 Å². The van der Waals surface area contributed by atoms with Crippen LogP contribution in [0.25, 0.3) is 4.96 Å². The molecule has 1 N–H and O–H groups in total. The van der Waals surface area contributed by atoms with E-state index >= 15 is 0 Å². The number of hydrogen-bond acceptors (Lipinski definition) is 5. The molecule has 2 aromatic rings. The summed E-state index contributed by atoms with van der Waals surface area (Å²) in [5.74, 6) is 0.947.